The minimum atomic E-state index is -0.151. The number of piperazine rings is 1. The molecule has 1 aromatic heterocycles. The Morgan fingerprint density at radius 1 is 1.15 bits per heavy atom. The number of benzene rings is 1. The molecular formula is C16H17N3O. The maximum Gasteiger partial charge on any atom is 0.237 e. The molecule has 3 rings (SSSR count). The Kier molecular flexibility index (Phi) is 3.74. The van der Waals surface area contributed by atoms with Crippen LogP contribution in [0.3, 0.4) is 0 Å². The summed E-state index contributed by atoms with van der Waals surface area (Å²) in [6.45, 7) is 1.53. The SMILES string of the molecule is O=C1NCCNC1Cc1ccccc1-c1cccnc1. The second-order valence-corrected chi connectivity index (χ2v) is 4.90. The maximum atomic E-state index is 11.9. The smallest absolute Gasteiger partial charge is 0.237 e. The number of hydrogen-bond donors (Lipinski definition) is 2. The van der Waals surface area contributed by atoms with E-state index in [1.54, 1.807) is 6.20 Å². The Balaban J connectivity index is 1.88. The molecule has 0 aliphatic carbocycles. The van der Waals surface area contributed by atoms with Crippen LogP contribution in [0.1, 0.15) is 5.56 Å². The molecule has 102 valence electrons. The van der Waals surface area contributed by atoms with Crippen LogP contribution in [-0.2, 0) is 11.2 Å². The Labute approximate surface area is 118 Å². The van der Waals surface area contributed by atoms with Gasteiger partial charge in [0.15, 0.2) is 0 Å². The number of carbonyl (C=O) groups excluding carboxylic acids is 1. The van der Waals surface area contributed by atoms with Gasteiger partial charge in [-0.2, -0.15) is 0 Å². The quantitative estimate of drug-likeness (QED) is 0.883. The molecule has 1 aliphatic heterocycles. The molecule has 1 aliphatic rings. The van der Waals surface area contributed by atoms with Gasteiger partial charge in [-0.3, -0.25) is 9.78 Å². The number of aromatic nitrogens is 1. The first-order chi connectivity index (χ1) is 9.84. The van der Waals surface area contributed by atoms with E-state index < -0.39 is 0 Å². The molecule has 0 bridgehead atoms. The van der Waals surface area contributed by atoms with Crippen molar-refractivity contribution >= 4 is 5.91 Å². The van der Waals surface area contributed by atoms with Gasteiger partial charge in [0, 0.05) is 31.0 Å². The number of carbonyl (C=O) groups is 1. The average Bonchev–Trinajstić information content (AvgIpc) is 2.51. The van der Waals surface area contributed by atoms with Gasteiger partial charge in [0.2, 0.25) is 5.91 Å². The summed E-state index contributed by atoms with van der Waals surface area (Å²) in [5, 5.41) is 6.17. The van der Waals surface area contributed by atoms with Gasteiger partial charge in [0.05, 0.1) is 6.04 Å². The van der Waals surface area contributed by atoms with E-state index in [-0.39, 0.29) is 11.9 Å². The fraction of sp³-hybridized carbons (Fsp3) is 0.250. The Hall–Kier alpha value is -2.20. The molecule has 2 N–H and O–H groups in total. The molecular weight excluding hydrogens is 250 g/mol. The van der Waals surface area contributed by atoms with E-state index in [9.17, 15) is 4.79 Å². The minimum Gasteiger partial charge on any atom is -0.353 e. The van der Waals surface area contributed by atoms with Gasteiger partial charge < -0.3 is 10.6 Å². The van der Waals surface area contributed by atoms with E-state index in [1.165, 1.54) is 0 Å². The van der Waals surface area contributed by atoms with E-state index in [1.807, 2.05) is 30.5 Å². The molecule has 0 saturated carbocycles. The summed E-state index contributed by atoms with van der Waals surface area (Å²) >= 11 is 0. The predicted molar refractivity (Wildman–Crippen MR) is 78.2 cm³/mol. The van der Waals surface area contributed by atoms with Crippen LogP contribution in [-0.4, -0.2) is 30.0 Å². The summed E-state index contributed by atoms with van der Waals surface area (Å²) in [7, 11) is 0. The third kappa shape index (κ3) is 2.70. The van der Waals surface area contributed by atoms with Crippen molar-refractivity contribution in [3.8, 4) is 11.1 Å². The lowest BCUT2D eigenvalue weighted by molar-refractivity contribution is -0.124. The van der Waals surface area contributed by atoms with Crippen LogP contribution in [0.25, 0.3) is 11.1 Å². The molecule has 1 saturated heterocycles. The summed E-state index contributed by atoms with van der Waals surface area (Å²) in [5.74, 6) is 0.0808. The highest BCUT2D eigenvalue weighted by molar-refractivity contribution is 5.83. The molecule has 2 aromatic rings. The molecule has 0 spiro atoms. The van der Waals surface area contributed by atoms with Gasteiger partial charge in [0.1, 0.15) is 0 Å². The predicted octanol–water partition coefficient (Wildman–Crippen LogP) is 1.38. The van der Waals surface area contributed by atoms with Crippen molar-refractivity contribution in [3.05, 3.63) is 54.4 Å². The maximum absolute atomic E-state index is 11.9. The lowest BCUT2D eigenvalue weighted by atomic mass is 9.95. The molecule has 2 heterocycles. The van der Waals surface area contributed by atoms with Crippen molar-refractivity contribution in [2.24, 2.45) is 0 Å². The van der Waals surface area contributed by atoms with Crippen LogP contribution in [0.5, 0.6) is 0 Å². The first-order valence-corrected chi connectivity index (χ1v) is 6.84. The Bertz CT molecular complexity index is 598. The highest BCUT2D eigenvalue weighted by atomic mass is 16.2. The molecule has 4 nitrogen and oxygen atoms in total. The fourth-order valence-electron chi connectivity index (χ4n) is 2.53. The Morgan fingerprint density at radius 2 is 2.05 bits per heavy atom. The fourth-order valence-corrected chi connectivity index (χ4v) is 2.53. The zero-order valence-corrected chi connectivity index (χ0v) is 11.2. The first kappa shape index (κ1) is 12.8. The largest absolute Gasteiger partial charge is 0.353 e. The monoisotopic (exact) mass is 267 g/mol. The standard InChI is InChI=1S/C16H17N3O/c20-16-15(18-8-9-19-16)10-12-4-1-2-6-14(12)13-5-3-7-17-11-13/h1-7,11,15,18H,8-10H2,(H,19,20). The van der Waals surface area contributed by atoms with Crippen LogP contribution < -0.4 is 10.6 Å². The van der Waals surface area contributed by atoms with Gasteiger partial charge in [-0.25, -0.2) is 0 Å². The summed E-state index contributed by atoms with van der Waals surface area (Å²) in [6, 6.07) is 12.0. The van der Waals surface area contributed by atoms with Crippen molar-refractivity contribution in [2.45, 2.75) is 12.5 Å². The highest BCUT2D eigenvalue weighted by Crippen LogP contribution is 2.23. The molecule has 4 heteroatoms. The molecule has 1 amide bonds. The second-order valence-electron chi connectivity index (χ2n) is 4.90. The first-order valence-electron chi connectivity index (χ1n) is 6.84. The zero-order chi connectivity index (χ0) is 13.8. The van der Waals surface area contributed by atoms with Gasteiger partial charge >= 0.3 is 0 Å². The molecule has 1 atom stereocenters. The lowest BCUT2D eigenvalue weighted by Gasteiger charge is -2.24. The number of hydrogen-bond acceptors (Lipinski definition) is 3. The van der Waals surface area contributed by atoms with E-state index >= 15 is 0 Å². The topological polar surface area (TPSA) is 54.0 Å². The Morgan fingerprint density at radius 3 is 2.85 bits per heavy atom. The third-order valence-corrected chi connectivity index (χ3v) is 3.55. The third-order valence-electron chi connectivity index (χ3n) is 3.55. The van der Waals surface area contributed by atoms with E-state index in [2.05, 4.69) is 27.8 Å². The minimum absolute atomic E-state index is 0.0808. The number of amides is 1. The summed E-state index contributed by atoms with van der Waals surface area (Å²) < 4.78 is 0. The summed E-state index contributed by atoms with van der Waals surface area (Å²) in [6.07, 6.45) is 4.31. The summed E-state index contributed by atoms with van der Waals surface area (Å²) in [4.78, 5) is 16.0. The van der Waals surface area contributed by atoms with E-state index in [0.717, 1.165) is 23.2 Å². The lowest BCUT2D eigenvalue weighted by Crippen LogP contribution is -2.53. The summed E-state index contributed by atoms with van der Waals surface area (Å²) in [5.41, 5.74) is 3.38. The van der Waals surface area contributed by atoms with Crippen LogP contribution in [0.4, 0.5) is 0 Å². The van der Waals surface area contributed by atoms with E-state index in [0.29, 0.717) is 13.0 Å². The second kappa shape index (κ2) is 5.84. The number of pyridine rings is 1. The molecule has 1 aromatic carbocycles. The van der Waals surface area contributed by atoms with Gasteiger partial charge in [-0.05, 0) is 23.6 Å². The van der Waals surface area contributed by atoms with Crippen molar-refractivity contribution in [2.75, 3.05) is 13.1 Å². The molecule has 0 radical (unpaired) electrons. The molecule has 1 fully saturated rings. The van der Waals surface area contributed by atoms with Crippen LogP contribution in [0, 0.1) is 0 Å². The van der Waals surface area contributed by atoms with Crippen molar-refractivity contribution in [1.82, 2.24) is 15.6 Å². The number of nitrogens with zero attached hydrogens (tertiary/aromatic N) is 1. The van der Waals surface area contributed by atoms with Crippen molar-refractivity contribution < 1.29 is 4.79 Å². The van der Waals surface area contributed by atoms with Crippen LogP contribution in [0.15, 0.2) is 48.8 Å². The van der Waals surface area contributed by atoms with Gasteiger partial charge in [-0.1, -0.05) is 30.3 Å². The average molecular weight is 267 g/mol. The molecule has 1 unspecified atom stereocenters. The number of nitrogens with one attached hydrogen (secondary N) is 2. The van der Waals surface area contributed by atoms with Crippen LogP contribution >= 0.6 is 0 Å². The molecule has 20 heavy (non-hydrogen) atoms. The number of rotatable bonds is 3. The van der Waals surface area contributed by atoms with Gasteiger partial charge in [-0.15, -0.1) is 0 Å². The van der Waals surface area contributed by atoms with Crippen molar-refractivity contribution in [3.63, 3.8) is 0 Å². The van der Waals surface area contributed by atoms with Gasteiger partial charge in [0.25, 0.3) is 0 Å². The zero-order valence-electron chi connectivity index (χ0n) is 11.2. The normalized spacial score (nSPS) is 18.6. The van der Waals surface area contributed by atoms with Crippen molar-refractivity contribution in [1.29, 1.82) is 0 Å². The van der Waals surface area contributed by atoms with E-state index in [4.69, 9.17) is 0 Å². The highest BCUT2D eigenvalue weighted by Gasteiger charge is 2.22. The van der Waals surface area contributed by atoms with Crippen LogP contribution in [0.2, 0.25) is 0 Å².